The molecule has 1 fully saturated rings. The Bertz CT molecular complexity index is 860. The molecule has 0 saturated carbocycles. The van der Waals surface area contributed by atoms with Gasteiger partial charge in [-0.15, -0.1) is 0 Å². The summed E-state index contributed by atoms with van der Waals surface area (Å²) < 4.78 is 48.6. The summed E-state index contributed by atoms with van der Waals surface area (Å²) in [7, 11) is -0.529. The molecule has 1 aromatic carbocycles. The first-order valence-corrected chi connectivity index (χ1v) is 10.1. The lowest BCUT2D eigenvalue weighted by atomic mass is 10.2. The molecule has 0 bridgehead atoms. The van der Waals surface area contributed by atoms with Crippen LogP contribution in [0.4, 0.5) is 4.39 Å². The molecule has 2 heterocycles. The van der Waals surface area contributed by atoms with Gasteiger partial charge in [0.05, 0.1) is 18.0 Å². The van der Waals surface area contributed by atoms with Gasteiger partial charge in [0.2, 0.25) is 10.0 Å². The minimum absolute atomic E-state index is 0.0164. The zero-order valence-corrected chi connectivity index (χ0v) is 15.8. The number of rotatable bonds is 7. The van der Waals surface area contributed by atoms with Crippen molar-refractivity contribution in [2.24, 2.45) is 7.05 Å². The van der Waals surface area contributed by atoms with Crippen LogP contribution < -0.4 is 9.46 Å². The molecule has 0 radical (unpaired) electrons. The second kappa shape index (κ2) is 7.77. The topological polar surface area (TPSA) is 63.6 Å². The van der Waals surface area contributed by atoms with Crippen LogP contribution in [0.15, 0.2) is 41.4 Å². The van der Waals surface area contributed by atoms with Crippen molar-refractivity contribution >= 4 is 10.0 Å². The van der Waals surface area contributed by atoms with Crippen molar-refractivity contribution in [1.82, 2.24) is 14.2 Å². The van der Waals surface area contributed by atoms with Crippen LogP contribution in [0.5, 0.6) is 5.75 Å². The molecule has 1 N–H and O–H groups in total. The molecule has 1 saturated heterocycles. The molecule has 1 aliphatic heterocycles. The van der Waals surface area contributed by atoms with Crippen molar-refractivity contribution in [3.8, 4) is 5.75 Å². The van der Waals surface area contributed by atoms with E-state index in [1.807, 2.05) is 29.9 Å². The molecule has 0 spiro atoms. The number of halogens is 1. The maximum absolute atomic E-state index is 13.9. The molecule has 6 nitrogen and oxygen atoms in total. The molecule has 0 amide bonds. The fraction of sp³-hybridized carbons (Fsp3) is 0.444. The molecule has 0 aliphatic carbocycles. The van der Waals surface area contributed by atoms with Gasteiger partial charge >= 0.3 is 0 Å². The van der Waals surface area contributed by atoms with Crippen LogP contribution in [0.1, 0.15) is 24.6 Å². The van der Waals surface area contributed by atoms with Crippen molar-refractivity contribution < 1.29 is 17.5 Å². The zero-order chi connectivity index (χ0) is 18.7. The van der Waals surface area contributed by atoms with Gasteiger partial charge < -0.3 is 9.30 Å². The van der Waals surface area contributed by atoms with Crippen molar-refractivity contribution in [2.45, 2.75) is 23.8 Å². The van der Waals surface area contributed by atoms with Gasteiger partial charge in [-0.05, 0) is 56.3 Å². The van der Waals surface area contributed by atoms with Gasteiger partial charge in [0.1, 0.15) is 0 Å². The van der Waals surface area contributed by atoms with Gasteiger partial charge in [0, 0.05) is 25.5 Å². The average molecular weight is 381 g/mol. The highest BCUT2D eigenvalue weighted by Crippen LogP contribution is 2.26. The molecule has 1 aromatic heterocycles. The Kier molecular flexibility index (Phi) is 5.64. The van der Waals surface area contributed by atoms with Crippen LogP contribution in [0.2, 0.25) is 0 Å². The highest BCUT2D eigenvalue weighted by molar-refractivity contribution is 7.89. The van der Waals surface area contributed by atoms with E-state index in [0.29, 0.717) is 0 Å². The molecule has 142 valence electrons. The quantitative estimate of drug-likeness (QED) is 0.799. The standard InChI is InChI=1S/C18H24FN3O3S/c1-21-9-5-6-16(21)17(22-10-3-4-11-22)13-20-26(23,24)14-7-8-18(25-2)15(19)12-14/h5-9,12,17,20H,3-4,10-11,13H2,1-2H3/t17-/m0/s1. The van der Waals surface area contributed by atoms with E-state index in [-0.39, 0.29) is 23.2 Å². The largest absolute Gasteiger partial charge is 0.494 e. The van der Waals surface area contributed by atoms with E-state index in [0.717, 1.165) is 37.7 Å². The monoisotopic (exact) mass is 381 g/mol. The van der Waals surface area contributed by atoms with E-state index in [9.17, 15) is 12.8 Å². The fourth-order valence-electron chi connectivity index (χ4n) is 3.38. The number of hydrogen-bond acceptors (Lipinski definition) is 4. The van der Waals surface area contributed by atoms with Gasteiger partial charge in [-0.1, -0.05) is 0 Å². The summed E-state index contributed by atoms with van der Waals surface area (Å²) in [5, 5.41) is 0. The Hall–Kier alpha value is -1.90. The van der Waals surface area contributed by atoms with Gasteiger partial charge in [-0.2, -0.15) is 0 Å². The van der Waals surface area contributed by atoms with Crippen molar-refractivity contribution in [3.05, 3.63) is 48.0 Å². The first-order valence-electron chi connectivity index (χ1n) is 8.61. The molecule has 26 heavy (non-hydrogen) atoms. The van der Waals surface area contributed by atoms with Gasteiger partial charge in [-0.25, -0.2) is 17.5 Å². The molecule has 0 unspecified atom stereocenters. The average Bonchev–Trinajstić information content (AvgIpc) is 3.28. The lowest BCUT2D eigenvalue weighted by molar-refractivity contribution is 0.238. The predicted molar refractivity (Wildman–Crippen MR) is 97.1 cm³/mol. The van der Waals surface area contributed by atoms with Crippen LogP contribution in [-0.4, -0.2) is 44.6 Å². The van der Waals surface area contributed by atoms with Crippen LogP contribution in [0.3, 0.4) is 0 Å². The summed E-state index contributed by atoms with van der Waals surface area (Å²) in [6, 6.07) is 7.54. The first kappa shape index (κ1) is 18.9. The third-order valence-corrected chi connectivity index (χ3v) is 6.23. The number of sulfonamides is 1. The third-order valence-electron chi connectivity index (χ3n) is 4.81. The molecular formula is C18H24FN3O3S. The third kappa shape index (κ3) is 3.92. The Morgan fingerprint density at radius 2 is 2.00 bits per heavy atom. The van der Waals surface area contributed by atoms with Gasteiger partial charge in [0.25, 0.3) is 0 Å². The first-order chi connectivity index (χ1) is 12.4. The van der Waals surface area contributed by atoms with Crippen LogP contribution in [0, 0.1) is 5.82 Å². The number of methoxy groups -OCH3 is 1. The Balaban J connectivity index is 1.79. The maximum atomic E-state index is 13.9. The minimum Gasteiger partial charge on any atom is -0.494 e. The summed E-state index contributed by atoms with van der Waals surface area (Å²) in [5.74, 6) is -0.684. The molecule has 1 aliphatic rings. The number of nitrogens with one attached hydrogen (secondary N) is 1. The number of benzene rings is 1. The van der Waals surface area contributed by atoms with Crippen LogP contribution in [0.25, 0.3) is 0 Å². The Labute approximate surface area is 153 Å². The van der Waals surface area contributed by atoms with Gasteiger partial charge in [0.15, 0.2) is 11.6 Å². The smallest absolute Gasteiger partial charge is 0.240 e. The van der Waals surface area contributed by atoms with E-state index in [1.165, 1.54) is 19.2 Å². The lowest BCUT2D eigenvalue weighted by Gasteiger charge is -2.28. The van der Waals surface area contributed by atoms with Crippen molar-refractivity contribution in [3.63, 3.8) is 0 Å². The summed E-state index contributed by atoms with van der Waals surface area (Å²) in [4.78, 5) is 2.18. The van der Waals surface area contributed by atoms with E-state index in [1.54, 1.807) is 0 Å². The number of nitrogens with zero attached hydrogens (tertiary/aromatic N) is 2. The van der Waals surface area contributed by atoms with E-state index in [4.69, 9.17) is 4.74 Å². The second-order valence-corrected chi connectivity index (χ2v) is 8.22. The SMILES string of the molecule is COc1ccc(S(=O)(=O)NC[C@@H](c2cccn2C)N2CCCC2)cc1F. The Morgan fingerprint density at radius 3 is 2.58 bits per heavy atom. The van der Waals surface area contributed by atoms with Crippen molar-refractivity contribution in [2.75, 3.05) is 26.7 Å². The lowest BCUT2D eigenvalue weighted by Crippen LogP contribution is -2.37. The molecule has 3 rings (SSSR count). The number of aryl methyl sites for hydroxylation is 1. The van der Waals surface area contributed by atoms with Crippen LogP contribution in [-0.2, 0) is 17.1 Å². The highest BCUT2D eigenvalue weighted by atomic mass is 32.2. The second-order valence-electron chi connectivity index (χ2n) is 6.45. The van der Waals surface area contributed by atoms with Crippen LogP contribution >= 0.6 is 0 Å². The normalized spacial score (nSPS) is 16.7. The molecule has 2 aromatic rings. The number of likely N-dealkylation sites (tertiary alicyclic amines) is 1. The molecule has 1 atom stereocenters. The Morgan fingerprint density at radius 1 is 1.27 bits per heavy atom. The fourth-order valence-corrected chi connectivity index (χ4v) is 4.43. The number of hydrogen-bond donors (Lipinski definition) is 1. The predicted octanol–water partition coefficient (Wildman–Crippen LogP) is 2.29. The summed E-state index contributed by atoms with van der Waals surface area (Å²) in [6.07, 6.45) is 4.17. The van der Waals surface area contributed by atoms with E-state index in [2.05, 4.69) is 9.62 Å². The molecule has 8 heteroatoms. The maximum Gasteiger partial charge on any atom is 0.240 e. The summed E-state index contributed by atoms with van der Waals surface area (Å²) >= 11 is 0. The summed E-state index contributed by atoms with van der Waals surface area (Å²) in [5.41, 5.74) is 1.05. The zero-order valence-electron chi connectivity index (χ0n) is 15.0. The number of aromatic nitrogens is 1. The molecular weight excluding hydrogens is 357 g/mol. The van der Waals surface area contributed by atoms with Gasteiger partial charge in [-0.3, -0.25) is 4.90 Å². The van der Waals surface area contributed by atoms with E-state index >= 15 is 0 Å². The highest BCUT2D eigenvalue weighted by Gasteiger charge is 2.27. The van der Waals surface area contributed by atoms with E-state index < -0.39 is 15.8 Å². The number of ether oxygens (including phenoxy) is 1. The minimum atomic E-state index is -3.82. The summed E-state index contributed by atoms with van der Waals surface area (Å²) in [6.45, 7) is 2.11. The van der Waals surface area contributed by atoms with Crippen molar-refractivity contribution in [1.29, 1.82) is 0 Å².